The highest BCUT2D eigenvalue weighted by Crippen LogP contribution is 2.39. The van der Waals surface area contributed by atoms with Gasteiger partial charge in [0, 0.05) is 11.7 Å². The molecule has 0 spiro atoms. The highest BCUT2D eigenvalue weighted by atomic mass is 16.4. The van der Waals surface area contributed by atoms with Gasteiger partial charge in [0.25, 0.3) is 0 Å². The van der Waals surface area contributed by atoms with E-state index in [1.54, 1.807) is 0 Å². The molecule has 2 atom stereocenters. The van der Waals surface area contributed by atoms with E-state index in [9.17, 15) is 9.90 Å². The van der Waals surface area contributed by atoms with Gasteiger partial charge in [0.2, 0.25) is 0 Å². The van der Waals surface area contributed by atoms with Crippen LogP contribution in [0.1, 0.15) is 55.4 Å². The molecule has 1 aromatic rings. The quantitative estimate of drug-likeness (QED) is 0.874. The summed E-state index contributed by atoms with van der Waals surface area (Å²) in [4.78, 5) is 16.0. The SMILES string of the molecule is Cc1nc2c(n1C1CCCC1C(=O)O)CCCC2. The van der Waals surface area contributed by atoms with E-state index >= 15 is 0 Å². The number of fused-ring (bicyclic) bond motifs is 1. The Kier molecular flexibility index (Phi) is 2.88. The van der Waals surface area contributed by atoms with Gasteiger partial charge in [-0.2, -0.15) is 0 Å². The standard InChI is InChI=1S/C14H20N2O2/c1-9-15-11-6-2-3-7-13(11)16(9)12-8-4-5-10(12)14(17)18/h10,12H,2-8H2,1H3,(H,17,18). The van der Waals surface area contributed by atoms with Crippen molar-refractivity contribution >= 4 is 5.97 Å². The molecule has 1 saturated carbocycles. The summed E-state index contributed by atoms with van der Waals surface area (Å²) in [5, 5.41) is 9.34. The van der Waals surface area contributed by atoms with Gasteiger partial charge >= 0.3 is 5.97 Å². The van der Waals surface area contributed by atoms with Crippen LogP contribution in [0.5, 0.6) is 0 Å². The van der Waals surface area contributed by atoms with Crippen LogP contribution in [0, 0.1) is 12.8 Å². The van der Waals surface area contributed by atoms with Crippen molar-refractivity contribution in [2.24, 2.45) is 5.92 Å². The summed E-state index contributed by atoms with van der Waals surface area (Å²) in [6, 6.07) is 0.136. The van der Waals surface area contributed by atoms with Gasteiger partial charge in [0.15, 0.2) is 0 Å². The molecule has 98 valence electrons. The lowest BCUT2D eigenvalue weighted by molar-refractivity contribution is -0.142. The van der Waals surface area contributed by atoms with Crippen LogP contribution in [0.25, 0.3) is 0 Å². The first-order valence-corrected chi connectivity index (χ1v) is 6.98. The van der Waals surface area contributed by atoms with Crippen molar-refractivity contribution in [2.75, 3.05) is 0 Å². The average Bonchev–Trinajstić information content (AvgIpc) is 2.91. The van der Waals surface area contributed by atoms with Crippen LogP contribution in [0.2, 0.25) is 0 Å². The summed E-state index contributed by atoms with van der Waals surface area (Å²) in [5.74, 6) is 0.152. The molecular formula is C14H20N2O2. The normalized spacial score (nSPS) is 27.2. The lowest BCUT2D eigenvalue weighted by atomic mass is 9.98. The van der Waals surface area contributed by atoms with Crippen molar-refractivity contribution in [3.8, 4) is 0 Å². The van der Waals surface area contributed by atoms with Crippen molar-refractivity contribution < 1.29 is 9.90 Å². The molecule has 1 aromatic heterocycles. The maximum atomic E-state index is 11.4. The van der Waals surface area contributed by atoms with Gasteiger partial charge in [-0.25, -0.2) is 4.98 Å². The number of carbonyl (C=O) groups is 1. The summed E-state index contributed by atoms with van der Waals surface area (Å²) < 4.78 is 2.25. The number of carboxylic acid groups (broad SMARTS) is 1. The van der Waals surface area contributed by atoms with Crippen LogP contribution in [-0.2, 0) is 17.6 Å². The summed E-state index contributed by atoms with van der Waals surface area (Å²) in [5.41, 5.74) is 2.53. The Morgan fingerprint density at radius 2 is 2.06 bits per heavy atom. The largest absolute Gasteiger partial charge is 0.481 e. The zero-order chi connectivity index (χ0) is 12.7. The highest BCUT2D eigenvalue weighted by Gasteiger charge is 2.36. The number of hydrogen-bond donors (Lipinski definition) is 1. The predicted molar refractivity (Wildman–Crippen MR) is 67.6 cm³/mol. The highest BCUT2D eigenvalue weighted by molar-refractivity contribution is 5.71. The zero-order valence-corrected chi connectivity index (χ0v) is 10.9. The number of aliphatic carboxylic acids is 1. The molecule has 2 unspecified atom stereocenters. The minimum atomic E-state index is -0.643. The molecule has 0 aliphatic heterocycles. The number of aromatic nitrogens is 2. The van der Waals surface area contributed by atoms with E-state index in [-0.39, 0.29) is 12.0 Å². The maximum Gasteiger partial charge on any atom is 0.308 e. The molecule has 0 radical (unpaired) electrons. The van der Waals surface area contributed by atoms with Gasteiger partial charge in [-0.3, -0.25) is 4.79 Å². The molecule has 2 aliphatic rings. The van der Waals surface area contributed by atoms with Gasteiger partial charge in [-0.1, -0.05) is 6.42 Å². The Balaban J connectivity index is 2.01. The summed E-state index contributed by atoms with van der Waals surface area (Å²) in [7, 11) is 0. The summed E-state index contributed by atoms with van der Waals surface area (Å²) in [6.45, 7) is 2.02. The fourth-order valence-corrected chi connectivity index (χ4v) is 3.68. The minimum absolute atomic E-state index is 0.136. The number of aryl methyl sites for hydroxylation is 2. The molecular weight excluding hydrogens is 228 g/mol. The second kappa shape index (κ2) is 4.41. The number of carboxylic acids is 1. The third-order valence-corrected chi connectivity index (χ3v) is 4.47. The van der Waals surface area contributed by atoms with Crippen LogP contribution in [-0.4, -0.2) is 20.6 Å². The van der Waals surface area contributed by atoms with Crippen LogP contribution < -0.4 is 0 Å². The Morgan fingerprint density at radius 3 is 2.83 bits per heavy atom. The second-order valence-electron chi connectivity index (χ2n) is 5.57. The molecule has 1 heterocycles. The summed E-state index contributed by atoms with van der Waals surface area (Å²) >= 11 is 0. The molecule has 4 nitrogen and oxygen atoms in total. The van der Waals surface area contributed by atoms with Crippen LogP contribution in [0.15, 0.2) is 0 Å². The number of imidazole rings is 1. The lowest BCUT2D eigenvalue weighted by Gasteiger charge is -2.23. The first kappa shape index (κ1) is 11.8. The maximum absolute atomic E-state index is 11.4. The number of hydrogen-bond acceptors (Lipinski definition) is 2. The van der Waals surface area contributed by atoms with E-state index in [1.165, 1.54) is 24.2 Å². The summed E-state index contributed by atoms with van der Waals surface area (Å²) in [6.07, 6.45) is 7.38. The molecule has 0 bridgehead atoms. The van der Waals surface area contributed by atoms with Crippen molar-refractivity contribution in [3.05, 3.63) is 17.2 Å². The van der Waals surface area contributed by atoms with Gasteiger partial charge in [-0.05, 0) is 45.4 Å². The third kappa shape index (κ3) is 1.74. The van der Waals surface area contributed by atoms with Gasteiger partial charge in [0.05, 0.1) is 11.6 Å². The topological polar surface area (TPSA) is 55.1 Å². The van der Waals surface area contributed by atoms with E-state index in [1.807, 2.05) is 6.92 Å². The molecule has 18 heavy (non-hydrogen) atoms. The third-order valence-electron chi connectivity index (χ3n) is 4.47. The number of rotatable bonds is 2. The van der Waals surface area contributed by atoms with E-state index in [2.05, 4.69) is 9.55 Å². The van der Waals surface area contributed by atoms with Gasteiger partial charge < -0.3 is 9.67 Å². The number of nitrogens with zero attached hydrogens (tertiary/aromatic N) is 2. The first-order chi connectivity index (χ1) is 8.68. The molecule has 0 amide bonds. The smallest absolute Gasteiger partial charge is 0.308 e. The average molecular weight is 248 g/mol. The van der Waals surface area contributed by atoms with Crippen molar-refractivity contribution in [1.29, 1.82) is 0 Å². The van der Waals surface area contributed by atoms with Crippen LogP contribution in [0.4, 0.5) is 0 Å². The Morgan fingerprint density at radius 1 is 1.28 bits per heavy atom. The molecule has 1 fully saturated rings. The monoisotopic (exact) mass is 248 g/mol. The molecule has 2 aliphatic carbocycles. The van der Waals surface area contributed by atoms with E-state index in [4.69, 9.17) is 0 Å². The fourth-order valence-electron chi connectivity index (χ4n) is 3.68. The van der Waals surface area contributed by atoms with E-state index < -0.39 is 5.97 Å². The van der Waals surface area contributed by atoms with E-state index in [0.717, 1.165) is 37.9 Å². The second-order valence-corrected chi connectivity index (χ2v) is 5.57. The molecule has 4 heteroatoms. The Hall–Kier alpha value is -1.32. The molecule has 0 saturated heterocycles. The predicted octanol–water partition coefficient (Wildman–Crippen LogP) is 2.50. The first-order valence-electron chi connectivity index (χ1n) is 6.98. The van der Waals surface area contributed by atoms with Crippen LogP contribution >= 0.6 is 0 Å². The van der Waals surface area contributed by atoms with Crippen molar-refractivity contribution in [2.45, 2.75) is 57.9 Å². The van der Waals surface area contributed by atoms with Crippen LogP contribution in [0.3, 0.4) is 0 Å². The molecule has 3 rings (SSSR count). The van der Waals surface area contributed by atoms with E-state index in [0.29, 0.717) is 0 Å². The fraction of sp³-hybridized carbons (Fsp3) is 0.714. The van der Waals surface area contributed by atoms with Gasteiger partial charge in [-0.15, -0.1) is 0 Å². The molecule has 1 N–H and O–H groups in total. The van der Waals surface area contributed by atoms with Crippen molar-refractivity contribution in [1.82, 2.24) is 9.55 Å². The molecule has 0 aromatic carbocycles. The zero-order valence-electron chi connectivity index (χ0n) is 10.9. The van der Waals surface area contributed by atoms with Gasteiger partial charge in [0.1, 0.15) is 5.82 Å². The van der Waals surface area contributed by atoms with Crippen molar-refractivity contribution in [3.63, 3.8) is 0 Å². The minimum Gasteiger partial charge on any atom is -0.481 e. The lowest BCUT2D eigenvalue weighted by Crippen LogP contribution is -2.24. The Bertz CT molecular complexity index is 478. The Labute approximate surface area is 107 Å².